The molecule has 0 aromatic heterocycles. The van der Waals surface area contributed by atoms with Gasteiger partial charge in [-0.15, -0.1) is 0 Å². The van der Waals surface area contributed by atoms with Crippen molar-refractivity contribution in [3.8, 4) is 0 Å². The van der Waals surface area contributed by atoms with Crippen LogP contribution in [-0.2, 0) is 79.2 Å². The molecule has 0 bridgehead atoms. The van der Waals surface area contributed by atoms with E-state index in [0.29, 0.717) is 60.4 Å². The van der Waals surface area contributed by atoms with Gasteiger partial charge in [0.2, 0.25) is 18.1 Å². The fourth-order valence-electron chi connectivity index (χ4n) is 12.9. The molecule has 0 saturated carbocycles. The number of amides is 1. The van der Waals surface area contributed by atoms with Gasteiger partial charge in [-0.1, -0.05) is 136 Å². The number of piperidine rings is 3. The van der Waals surface area contributed by atoms with Crippen molar-refractivity contribution in [1.29, 1.82) is 0 Å². The van der Waals surface area contributed by atoms with E-state index < -0.39 is 135 Å². The summed E-state index contributed by atoms with van der Waals surface area (Å²) in [4.78, 5) is 47.4. The topological polar surface area (TPSA) is 231 Å². The molecule has 0 spiro atoms. The van der Waals surface area contributed by atoms with Gasteiger partial charge in [-0.25, -0.2) is 4.79 Å². The van der Waals surface area contributed by atoms with Crippen LogP contribution >= 0.6 is 0 Å². The first-order valence-electron chi connectivity index (χ1n) is 34.1. The van der Waals surface area contributed by atoms with Crippen molar-refractivity contribution in [2.24, 2.45) is 0 Å². The van der Waals surface area contributed by atoms with Crippen molar-refractivity contribution in [2.75, 3.05) is 46.6 Å². The Morgan fingerprint density at radius 3 is 0.982 bits per heavy atom. The quantitative estimate of drug-likeness (QED) is 0.0366. The van der Waals surface area contributed by atoms with Crippen LogP contribution in [0.25, 0.3) is 0 Å². The van der Waals surface area contributed by atoms with Crippen LogP contribution in [0.2, 0.25) is 0 Å². The standard InChI is InChI=1S/C30H28F6N2O5.2C22H22F6N2O3.CH4O.2CH4/c1-20(22-14-24(29(31,32)33)16-25(15-22)30(34,35)36)43-19-28(23-10-6-3-7-11-23)13-12-26(38(40)41)17-37(28)27(39)42-18-21-8-4-2-5-9-21;2*1-14(15-9-17(21(23,24)25)11-18(10-15)22(26,27)28)33-13-20(16-5-3-2-4-6-16)8-7-19(12-29-20)30(31)32;1-2;;/h2-11,14-16,20,26H,12-13,17-19H2,1H3;2*2-6,9-11,14,19,29H,7-8,12-13H2,1H3;2H,1H3;2*1H4/t20-,26?,28-;14-,19+,20-;14-,19-,20-;;;/m111.../s1. The molecule has 7 aromatic rings. The zero-order valence-corrected chi connectivity index (χ0v) is 59.4. The van der Waals surface area contributed by atoms with Crippen LogP contribution in [0, 0.1) is 30.3 Å². The van der Waals surface area contributed by atoms with Gasteiger partial charge in [-0.3, -0.25) is 45.9 Å². The Morgan fingerprint density at radius 2 is 0.708 bits per heavy atom. The molecule has 3 aliphatic rings. The number of nitrogens with zero attached hydrogens (tertiary/aromatic N) is 4. The Hall–Kier alpha value is -9.49. The highest BCUT2D eigenvalue weighted by atomic mass is 19.4. The Morgan fingerprint density at radius 1 is 0.434 bits per heavy atom. The normalized spacial score (nSPS) is 20.9. The van der Waals surface area contributed by atoms with Gasteiger partial charge in [0.05, 0.1) is 108 Å². The van der Waals surface area contributed by atoms with Crippen LogP contribution < -0.4 is 10.6 Å². The SMILES string of the molecule is C.C.CO.C[C@@H](OC[C@@]1(c2ccccc2)CCC([N+](=O)[O-])CN1C(=O)OCc1ccccc1)c1cc(C(F)(F)F)cc(C(F)(F)F)c1.C[C@@H](OC[C@@]1(c2ccccc2)CC[C@@H]([N+](=O)[O-])CN1)c1cc(C(F)(F)F)cc(C(F)(F)F)c1.C[C@@H](OC[C@@]1(c2ccccc2)CC[C@H]([N+](=O)[O-])CN1)c1cc(C(F)(F)F)cc(C(F)(F)F)c1. The number of benzene rings is 7. The summed E-state index contributed by atoms with van der Waals surface area (Å²) >= 11 is 0. The molecule has 3 aliphatic heterocycles. The maximum absolute atomic E-state index is 13.5. The first kappa shape index (κ1) is 94.1. The second kappa shape index (κ2) is 39.0. The molecule has 3 saturated heterocycles. The van der Waals surface area contributed by atoms with E-state index in [1.807, 2.05) is 0 Å². The van der Waals surface area contributed by atoms with Crippen molar-refractivity contribution in [3.05, 3.63) is 279 Å². The maximum Gasteiger partial charge on any atom is 0.416 e. The van der Waals surface area contributed by atoms with Crippen LogP contribution in [0.1, 0.15) is 165 Å². The molecule has 10 rings (SSSR count). The first-order chi connectivity index (χ1) is 51.8. The molecule has 0 radical (unpaired) electrons. The average molecular weight is 1630 g/mol. The number of nitro groups is 3. The largest absolute Gasteiger partial charge is 0.445 e. The summed E-state index contributed by atoms with van der Waals surface area (Å²) in [6, 6.07) is 36.1. The lowest BCUT2D eigenvalue weighted by Crippen LogP contribution is -2.59. The molecule has 36 heteroatoms. The maximum atomic E-state index is 13.5. The molecule has 1 unspecified atom stereocenters. The summed E-state index contributed by atoms with van der Waals surface area (Å²) in [6.45, 7) is 3.09. The van der Waals surface area contributed by atoms with Gasteiger partial charge < -0.3 is 24.1 Å². The van der Waals surface area contributed by atoms with Crippen LogP contribution in [0.15, 0.2) is 176 Å². The summed E-state index contributed by atoms with van der Waals surface area (Å²) in [6.07, 6.45) is -33.1. The van der Waals surface area contributed by atoms with Gasteiger partial charge in [0.25, 0.3) is 0 Å². The van der Waals surface area contributed by atoms with E-state index in [9.17, 15) is 114 Å². The highest BCUT2D eigenvalue weighted by Crippen LogP contribution is 2.46. The highest BCUT2D eigenvalue weighted by Gasteiger charge is 2.51. The van der Waals surface area contributed by atoms with E-state index >= 15 is 0 Å². The van der Waals surface area contributed by atoms with Gasteiger partial charge in [0, 0.05) is 41.1 Å². The number of aliphatic hydroxyl groups is 1. The Kier molecular flexibility index (Phi) is 32.5. The number of nitrogens with one attached hydrogen (secondary N) is 2. The van der Waals surface area contributed by atoms with Crippen molar-refractivity contribution in [1.82, 2.24) is 15.5 Å². The molecule has 3 N–H and O–H groups in total. The monoisotopic (exact) mass is 1630 g/mol. The number of hydrogen-bond donors (Lipinski definition) is 3. The number of aliphatic hydroxyl groups excluding tert-OH is 1. The number of carbonyl (C=O) groups excluding carboxylic acids is 1. The lowest BCUT2D eigenvalue weighted by atomic mass is 9.79. The lowest BCUT2D eigenvalue weighted by Gasteiger charge is -2.47. The van der Waals surface area contributed by atoms with Crippen LogP contribution in [0.3, 0.4) is 0 Å². The zero-order valence-electron chi connectivity index (χ0n) is 59.4. The molecule has 3 fully saturated rings. The molecular weight excluding hydrogens is 1540 g/mol. The van der Waals surface area contributed by atoms with Crippen molar-refractivity contribution in [3.63, 3.8) is 0 Å². The lowest BCUT2D eigenvalue weighted by molar-refractivity contribution is -0.528. The van der Waals surface area contributed by atoms with Gasteiger partial charge >= 0.3 is 43.2 Å². The molecule has 7 aromatic carbocycles. The molecule has 113 heavy (non-hydrogen) atoms. The van der Waals surface area contributed by atoms with Gasteiger partial charge in [0.1, 0.15) is 6.61 Å². The summed E-state index contributed by atoms with van der Waals surface area (Å²) in [5.41, 5.74) is -9.91. The Bertz CT molecular complexity index is 3950. The second-order valence-corrected chi connectivity index (χ2v) is 26.5. The van der Waals surface area contributed by atoms with E-state index in [1.54, 1.807) is 121 Å². The smallest absolute Gasteiger partial charge is 0.416 e. The fraction of sp³-hybridized carbons (Fsp3) is 0.442. The van der Waals surface area contributed by atoms with Gasteiger partial charge in [0.15, 0.2) is 0 Å². The van der Waals surface area contributed by atoms with Gasteiger partial charge in [-0.2, -0.15) is 79.0 Å². The third-order valence-corrected chi connectivity index (χ3v) is 19.2. The minimum atomic E-state index is -5.04. The van der Waals surface area contributed by atoms with E-state index in [-0.39, 0.29) is 131 Å². The molecule has 0 aliphatic carbocycles. The Balaban J connectivity index is 0.000000301. The number of halogens is 18. The number of carbonyl (C=O) groups is 1. The summed E-state index contributed by atoms with van der Waals surface area (Å²) in [5, 5.41) is 47.3. The predicted octanol–water partition coefficient (Wildman–Crippen LogP) is 20.1. The molecular formula is C77H84F18N6O12. The second-order valence-electron chi connectivity index (χ2n) is 26.5. The molecule has 3 heterocycles. The molecule has 1 amide bonds. The summed E-state index contributed by atoms with van der Waals surface area (Å²) in [5.74, 6) is 0. The highest BCUT2D eigenvalue weighted by molar-refractivity contribution is 5.70. The molecule has 18 nitrogen and oxygen atoms in total. The van der Waals surface area contributed by atoms with Gasteiger partial charge in [-0.05, 0) is 134 Å². The third-order valence-electron chi connectivity index (χ3n) is 19.2. The number of likely N-dealkylation sites (tertiary alicyclic amines) is 1. The average Bonchev–Trinajstić information content (AvgIpc) is 0.748. The molecule has 620 valence electrons. The predicted molar refractivity (Wildman–Crippen MR) is 378 cm³/mol. The number of ether oxygens (including phenoxy) is 4. The van der Waals surface area contributed by atoms with Crippen molar-refractivity contribution >= 4 is 6.09 Å². The minimum absolute atomic E-state index is 0. The number of hydrogen-bond acceptors (Lipinski definition) is 14. The van der Waals surface area contributed by atoms with Crippen molar-refractivity contribution in [2.45, 2.75) is 171 Å². The minimum Gasteiger partial charge on any atom is -0.445 e. The molecule has 9 atom stereocenters. The fourth-order valence-corrected chi connectivity index (χ4v) is 12.9. The Labute approximate surface area is 638 Å². The van der Waals surface area contributed by atoms with Crippen LogP contribution in [-0.4, -0.2) is 95.6 Å². The first-order valence-corrected chi connectivity index (χ1v) is 34.1. The third kappa shape index (κ3) is 25.0. The summed E-state index contributed by atoms with van der Waals surface area (Å²) < 4.78 is 262. The zero-order chi connectivity index (χ0) is 82.3. The summed E-state index contributed by atoms with van der Waals surface area (Å²) in [7, 11) is 1.00. The van der Waals surface area contributed by atoms with Crippen molar-refractivity contribution < 1.29 is 123 Å². The van der Waals surface area contributed by atoms with Crippen LogP contribution in [0.4, 0.5) is 83.8 Å². The van der Waals surface area contributed by atoms with E-state index in [2.05, 4.69) is 10.6 Å². The van der Waals surface area contributed by atoms with E-state index in [4.69, 9.17) is 24.1 Å². The number of rotatable bonds is 20. The van der Waals surface area contributed by atoms with E-state index in [1.165, 1.54) is 25.7 Å². The van der Waals surface area contributed by atoms with E-state index in [0.717, 1.165) is 18.2 Å². The number of alkyl halides is 18. The van der Waals surface area contributed by atoms with Crippen LogP contribution in [0.5, 0.6) is 0 Å².